The molecule has 0 bridgehead atoms. The number of carbonyl (C=O) groups is 2. The van der Waals surface area contributed by atoms with Crippen molar-refractivity contribution in [1.29, 1.82) is 0 Å². The summed E-state index contributed by atoms with van der Waals surface area (Å²) >= 11 is 4.91. The fraction of sp³-hybridized carbons (Fsp3) is 0.318. The average molecular weight is 475 g/mol. The van der Waals surface area contributed by atoms with Crippen molar-refractivity contribution in [3.05, 3.63) is 58.6 Å². The third-order valence-corrected chi connectivity index (χ3v) is 5.73. The van der Waals surface area contributed by atoms with E-state index in [2.05, 4.69) is 26.2 Å². The van der Waals surface area contributed by atoms with Crippen LogP contribution < -0.4 is 5.32 Å². The molecule has 0 fully saturated rings. The van der Waals surface area contributed by atoms with E-state index in [1.54, 1.807) is 20.8 Å². The van der Waals surface area contributed by atoms with E-state index in [1.807, 2.05) is 48.5 Å². The molecule has 0 saturated carbocycles. The Morgan fingerprint density at radius 3 is 2.34 bits per heavy atom. The fourth-order valence-electron chi connectivity index (χ4n) is 3.00. The van der Waals surface area contributed by atoms with Crippen molar-refractivity contribution >= 4 is 54.4 Å². The van der Waals surface area contributed by atoms with Gasteiger partial charge < -0.3 is 10.1 Å². The quantitative estimate of drug-likeness (QED) is 0.363. The molecule has 1 aromatic heterocycles. The number of fused-ring (bicyclic) bond motifs is 1. The van der Waals surface area contributed by atoms with Crippen LogP contribution in [0.15, 0.2) is 53.0 Å². The molecular weight excluding hydrogens is 452 g/mol. The SMILES string of the molecule is CC(=O)C(C(=O)OC(C)(C)C)C(Nc1nc2ccccc2s1)c1ccc(Br)cc1. The summed E-state index contributed by atoms with van der Waals surface area (Å²) in [5.74, 6) is -1.81. The highest BCUT2D eigenvalue weighted by Gasteiger charge is 2.37. The minimum atomic E-state index is -0.998. The first-order valence-electron chi connectivity index (χ1n) is 9.25. The second kappa shape index (κ2) is 8.63. The van der Waals surface area contributed by atoms with Gasteiger partial charge in [0.2, 0.25) is 0 Å². The molecule has 0 amide bonds. The molecular formula is C22H23BrN2O3S. The monoisotopic (exact) mass is 474 g/mol. The molecule has 7 heteroatoms. The first-order chi connectivity index (χ1) is 13.6. The van der Waals surface area contributed by atoms with E-state index >= 15 is 0 Å². The first-order valence-corrected chi connectivity index (χ1v) is 10.9. The van der Waals surface area contributed by atoms with Crippen molar-refractivity contribution in [1.82, 2.24) is 4.98 Å². The molecule has 1 N–H and O–H groups in total. The highest BCUT2D eigenvalue weighted by molar-refractivity contribution is 9.10. The third-order valence-electron chi connectivity index (χ3n) is 4.23. The number of carbonyl (C=O) groups excluding carboxylic acids is 2. The third kappa shape index (κ3) is 5.42. The summed E-state index contributed by atoms with van der Waals surface area (Å²) in [6.45, 7) is 6.79. The summed E-state index contributed by atoms with van der Waals surface area (Å²) < 4.78 is 7.50. The van der Waals surface area contributed by atoms with Gasteiger partial charge in [-0.25, -0.2) is 4.98 Å². The Morgan fingerprint density at radius 2 is 1.76 bits per heavy atom. The Morgan fingerprint density at radius 1 is 1.10 bits per heavy atom. The number of halogens is 1. The number of nitrogens with zero attached hydrogens (tertiary/aromatic N) is 1. The van der Waals surface area contributed by atoms with Crippen LogP contribution in [0.3, 0.4) is 0 Å². The number of ketones is 1. The largest absolute Gasteiger partial charge is 0.459 e. The van der Waals surface area contributed by atoms with Crippen molar-refractivity contribution in [2.24, 2.45) is 5.92 Å². The maximum Gasteiger partial charge on any atom is 0.319 e. The Hall–Kier alpha value is -2.25. The van der Waals surface area contributed by atoms with Crippen LogP contribution in [0.1, 0.15) is 39.3 Å². The Bertz CT molecular complexity index is 991. The van der Waals surface area contributed by atoms with Gasteiger partial charge in [-0.05, 0) is 57.5 Å². The molecule has 3 aromatic rings. The predicted octanol–water partition coefficient (Wildman–Crippen LogP) is 5.76. The van der Waals surface area contributed by atoms with Crippen molar-refractivity contribution < 1.29 is 14.3 Å². The number of benzene rings is 2. The molecule has 0 saturated heterocycles. The number of aromatic nitrogens is 1. The normalized spacial score (nSPS) is 13.7. The zero-order chi connectivity index (χ0) is 21.2. The number of Topliss-reactive ketones (excluding diaryl/α,β-unsaturated/α-hetero) is 1. The van der Waals surface area contributed by atoms with E-state index < -0.39 is 23.5 Å². The van der Waals surface area contributed by atoms with Gasteiger partial charge in [-0.2, -0.15) is 0 Å². The summed E-state index contributed by atoms with van der Waals surface area (Å²) in [6.07, 6.45) is 0. The lowest BCUT2D eigenvalue weighted by molar-refractivity contribution is -0.162. The lowest BCUT2D eigenvalue weighted by atomic mass is 9.90. The molecule has 0 radical (unpaired) electrons. The number of hydrogen-bond donors (Lipinski definition) is 1. The lowest BCUT2D eigenvalue weighted by Gasteiger charge is -2.28. The standard InChI is InChI=1S/C22H23BrN2O3S/c1-13(26)18(20(27)28-22(2,3)4)19(14-9-11-15(23)12-10-14)25-21-24-16-7-5-6-8-17(16)29-21/h5-12,18-19H,1-4H3,(H,24,25). The Balaban J connectivity index is 2.01. The van der Waals surface area contributed by atoms with Gasteiger partial charge in [0.25, 0.3) is 0 Å². The van der Waals surface area contributed by atoms with Gasteiger partial charge in [0.1, 0.15) is 17.3 Å². The van der Waals surface area contributed by atoms with Crippen molar-refractivity contribution in [3.63, 3.8) is 0 Å². The maximum absolute atomic E-state index is 12.9. The predicted molar refractivity (Wildman–Crippen MR) is 120 cm³/mol. The molecule has 29 heavy (non-hydrogen) atoms. The smallest absolute Gasteiger partial charge is 0.319 e. The number of anilines is 1. The highest BCUT2D eigenvalue weighted by atomic mass is 79.9. The van der Waals surface area contributed by atoms with E-state index in [0.717, 1.165) is 20.3 Å². The van der Waals surface area contributed by atoms with Crippen LogP contribution in [0.5, 0.6) is 0 Å². The van der Waals surface area contributed by atoms with Crippen LogP contribution >= 0.6 is 27.3 Å². The molecule has 2 atom stereocenters. The molecule has 3 rings (SSSR count). The van der Waals surface area contributed by atoms with E-state index in [1.165, 1.54) is 18.3 Å². The fourth-order valence-corrected chi connectivity index (χ4v) is 4.17. The van der Waals surface area contributed by atoms with Gasteiger partial charge in [0.15, 0.2) is 5.13 Å². The lowest BCUT2D eigenvalue weighted by Crippen LogP contribution is -2.38. The Kier molecular flexibility index (Phi) is 6.39. The number of esters is 1. The minimum absolute atomic E-state index is 0.263. The summed E-state index contributed by atoms with van der Waals surface area (Å²) in [4.78, 5) is 30.1. The van der Waals surface area contributed by atoms with E-state index in [4.69, 9.17) is 4.74 Å². The van der Waals surface area contributed by atoms with Crippen LogP contribution in [0.2, 0.25) is 0 Å². The molecule has 0 aliphatic carbocycles. The number of thiazole rings is 1. The van der Waals surface area contributed by atoms with Crippen molar-refractivity contribution in [2.45, 2.75) is 39.3 Å². The summed E-state index contributed by atoms with van der Waals surface area (Å²) in [6, 6.07) is 14.7. The van der Waals surface area contributed by atoms with Crippen LogP contribution in [-0.2, 0) is 14.3 Å². The number of ether oxygens (including phenoxy) is 1. The second-order valence-electron chi connectivity index (χ2n) is 7.78. The van der Waals surface area contributed by atoms with Gasteiger partial charge in [0.05, 0.1) is 16.3 Å². The zero-order valence-electron chi connectivity index (χ0n) is 16.7. The average Bonchev–Trinajstić information content (AvgIpc) is 3.02. The number of nitrogens with one attached hydrogen (secondary N) is 1. The van der Waals surface area contributed by atoms with Gasteiger partial charge in [-0.3, -0.25) is 9.59 Å². The molecule has 152 valence electrons. The molecule has 1 heterocycles. The Labute approximate surface area is 182 Å². The molecule has 2 unspecified atom stereocenters. The van der Waals surface area contributed by atoms with Gasteiger partial charge in [-0.1, -0.05) is 51.5 Å². The van der Waals surface area contributed by atoms with E-state index in [9.17, 15) is 9.59 Å². The second-order valence-corrected chi connectivity index (χ2v) is 9.73. The van der Waals surface area contributed by atoms with E-state index in [0.29, 0.717) is 5.13 Å². The molecule has 5 nitrogen and oxygen atoms in total. The molecule has 0 aliphatic rings. The highest BCUT2D eigenvalue weighted by Crippen LogP contribution is 2.34. The first kappa shape index (κ1) is 21.5. The van der Waals surface area contributed by atoms with Crippen LogP contribution in [0.4, 0.5) is 5.13 Å². The van der Waals surface area contributed by atoms with Crippen LogP contribution in [0.25, 0.3) is 10.2 Å². The molecule has 2 aromatic carbocycles. The van der Waals surface area contributed by atoms with Gasteiger partial charge in [0, 0.05) is 4.47 Å². The maximum atomic E-state index is 12.9. The van der Waals surface area contributed by atoms with Crippen LogP contribution in [0, 0.1) is 5.92 Å². The molecule has 0 spiro atoms. The summed E-state index contributed by atoms with van der Waals surface area (Å²) in [5.41, 5.74) is 0.981. The number of hydrogen-bond acceptors (Lipinski definition) is 6. The van der Waals surface area contributed by atoms with Crippen LogP contribution in [-0.4, -0.2) is 22.3 Å². The zero-order valence-corrected chi connectivity index (χ0v) is 19.1. The summed E-state index contributed by atoms with van der Waals surface area (Å²) in [5, 5.41) is 3.97. The molecule has 0 aliphatic heterocycles. The van der Waals surface area contributed by atoms with Crippen molar-refractivity contribution in [3.8, 4) is 0 Å². The number of para-hydroxylation sites is 1. The summed E-state index contributed by atoms with van der Waals surface area (Å²) in [7, 11) is 0. The minimum Gasteiger partial charge on any atom is -0.459 e. The van der Waals surface area contributed by atoms with Gasteiger partial charge in [-0.15, -0.1) is 0 Å². The van der Waals surface area contributed by atoms with Crippen molar-refractivity contribution in [2.75, 3.05) is 5.32 Å². The van der Waals surface area contributed by atoms with Gasteiger partial charge >= 0.3 is 5.97 Å². The van der Waals surface area contributed by atoms with E-state index in [-0.39, 0.29) is 5.78 Å². The number of rotatable bonds is 6. The topological polar surface area (TPSA) is 68.3 Å².